The lowest BCUT2D eigenvalue weighted by atomic mass is 9.92. The predicted octanol–water partition coefficient (Wildman–Crippen LogP) is 1.72. The number of amides is 1. The van der Waals surface area contributed by atoms with Crippen LogP contribution in [-0.2, 0) is 4.79 Å². The van der Waals surface area contributed by atoms with Crippen LogP contribution >= 0.6 is 0 Å². The predicted molar refractivity (Wildman–Crippen MR) is 78.8 cm³/mol. The summed E-state index contributed by atoms with van der Waals surface area (Å²) in [6.45, 7) is 2.81. The van der Waals surface area contributed by atoms with Gasteiger partial charge in [0.05, 0.1) is 24.4 Å². The number of hydrogen-bond donors (Lipinski definition) is 3. The third-order valence-electron chi connectivity index (χ3n) is 3.77. The van der Waals surface area contributed by atoms with Crippen LogP contribution in [0.15, 0.2) is 18.2 Å². The molecule has 2 atom stereocenters. The molecule has 0 aromatic heterocycles. The Bertz CT molecular complexity index is 544. The van der Waals surface area contributed by atoms with E-state index in [9.17, 15) is 14.7 Å². The van der Waals surface area contributed by atoms with Crippen LogP contribution in [0.25, 0.3) is 0 Å². The Labute approximate surface area is 123 Å². The topological polar surface area (TPSA) is 87.7 Å². The zero-order chi connectivity index (χ0) is 15.4. The van der Waals surface area contributed by atoms with Gasteiger partial charge in [-0.2, -0.15) is 0 Å². The van der Waals surface area contributed by atoms with Crippen molar-refractivity contribution in [2.75, 3.05) is 19.0 Å². The Morgan fingerprint density at radius 2 is 2.19 bits per heavy atom. The normalized spacial score (nSPS) is 21.6. The maximum atomic E-state index is 12.3. The third kappa shape index (κ3) is 3.52. The van der Waals surface area contributed by atoms with Crippen molar-refractivity contribution in [3.05, 3.63) is 23.8 Å². The number of nitrogens with one attached hydrogen (secondary N) is 2. The van der Waals surface area contributed by atoms with Gasteiger partial charge in [0.2, 0.25) is 5.91 Å². The monoisotopic (exact) mass is 292 g/mol. The molecule has 3 N–H and O–H groups in total. The van der Waals surface area contributed by atoms with E-state index in [1.165, 1.54) is 19.2 Å². The van der Waals surface area contributed by atoms with E-state index in [0.717, 1.165) is 19.4 Å². The van der Waals surface area contributed by atoms with Crippen molar-refractivity contribution in [2.45, 2.75) is 25.8 Å². The lowest BCUT2D eigenvalue weighted by Crippen LogP contribution is -2.48. The van der Waals surface area contributed by atoms with Gasteiger partial charge in [0.1, 0.15) is 5.75 Å². The summed E-state index contributed by atoms with van der Waals surface area (Å²) in [7, 11) is 1.49. The molecule has 1 aliphatic heterocycles. The van der Waals surface area contributed by atoms with Gasteiger partial charge in [-0.05, 0) is 37.4 Å². The molecule has 2 rings (SSSR count). The summed E-state index contributed by atoms with van der Waals surface area (Å²) in [4.78, 5) is 23.6. The molecule has 0 spiro atoms. The number of hydrogen-bond acceptors (Lipinski definition) is 4. The van der Waals surface area contributed by atoms with E-state index in [0.29, 0.717) is 5.75 Å². The van der Waals surface area contributed by atoms with E-state index in [-0.39, 0.29) is 29.1 Å². The van der Waals surface area contributed by atoms with Crippen molar-refractivity contribution in [1.82, 2.24) is 5.32 Å². The average Bonchev–Trinajstić information content (AvgIpc) is 2.47. The molecule has 21 heavy (non-hydrogen) atoms. The standard InChI is InChI=1S/C15H20N2O4/c1-9-4-3-7-16-13(9)14(18)17-12-8-10(21-2)5-6-11(12)15(19)20/h5-6,8-9,13,16H,3-4,7H2,1-2H3,(H,17,18)(H,19,20). The number of benzene rings is 1. The fourth-order valence-electron chi connectivity index (χ4n) is 2.55. The number of aromatic carboxylic acids is 1. The van der Waals surface area contributed by atoms with Crippen LogP contribution in [0, 0.1) is 5.92 Å². The second-order valence-corrected chi connectivity index (χ2v) is 5.26. The van der Waals surface area contributed by atoms with E-state index in [4.69, 9.17) is 4.74 Å². The minimum Gasteiger partial charge on any atom is -0.497 e. The molecule has 0 radical (unpaired) electrons. The molecule has 1 aliphatic rings. The van der Waals surface area contributed by atoms with Crippen molar-refractivity contribution in [1.29, 1.82) is 0 Å². The Kier molecular flexibility index (Phi) is 4.80. The summed E-state index contributed by atoms with van der Waals surface area (Å²) < 4.78 is 5.08. The van der Waals surface area contributed by atoms with Crippen LogP contribution in [0.5, 0.6) is 5.75 Å². The molecular formula is C15H20N2O4. The summed E-state index contributed by atoms with van der Waals surface area (Å²) in [6, 6.07) is 4.20. The Morgan fingerprint density at radius 3 is 2.81 bits per heavy atom. The van der Waals surface area contributed by atoms with Crippen LogP contribution in [0.1, 0.15) is 30.1 Å². The minimum absolute atomic E-state index is 0.0487. The van der Waals surface area contributed by atoms with Crippen molar-refractivity contribution in [2.24, 2.45) is 5.92 Å². The van der Waals surface area contributed by atoms with E-state index in [1.807, 2.05) is 6.92 Å². The smallest absolute Gasteiger partial charge is 0.337 e. The van der Waals surface area contributed by atoms with Gasteiger partial charge in [0.15, 0.2) is 0 Å². The summed E-state index contributed by atoms with van der Waals surface area (Å²) in [6.07, 6.45) is 2.03. The van der Waals surface area contributed by atoms with E-state index < -0.39 is 5.97 Å². The number of piperidine rings is 1. The number of carbonyl (C=O) groups is 2. The number of ether oxygens (including phenoxy) is 1. The first-order chi connectivity index (χ1) is 10.0. The lowest BCUT2D eigenvalue weighted by molar-refractivity contribution is -0.119. The molecule has 0 aliphatic carbocycles. The molecule has 2 unspecified atom stereocenters. The Morgan fingerprint density at radius 1 is 1.43 bits per heavy atom. The molecule has 1 amide bonds. The number of anilines is 1. The summed E-state index contributed by atoms with van der Waals surface area (Å²) in [5, 5.41) is 15.1. The van der Waals surface area contributed by atoms with Crippen LogP contribution in [0.2, 0.25) is 0 Å². The molecule has 1 fully saturated rings. The van der Waals surface area contributed by atoms with Gasteiger partial charge in [-0.1, -0.05) is 6.92 Å². The highest BCUT2D eigenvalue weighted by Gasteiger charge is 2.28. The molecule has 1 saturated heterocycles. The number of methoxy groups -OCH3 is 1. The van der Waals surface area contributed by atoms with Gasteiger partial charge < -0.3 is 20.5 Å². The van der Waals surface area contributed by atoms with Gasteiger partial charge in [-0.15, -0.1) is 0 Å². The molecule has 1 heterocycles. The van der Waals surface area contributed by atoms with Crippen molar-refractivity contribution < 1.29 is 19.4 Å². The van der Waals surface area contributed by atoms with E-state index in [2.05, 4.69) is 10.6 Å². The van der Waals surface area contributed by atoms with Crippen molar-refractivity contribution >= 4 is 17.6 Å². The zero-order valence-electron chi connectivity index (χ0n) is 12.2. The maximum Gasteiger partial charge on any atom is 0.337 e. The number of carboxylic acid groups (broad SMARTS) is 1. The maximum absolute atomic E-state index is 12.3. The lowest BCUT2D eigenvalue weighted by Gasteiger charge is -2.29. The molecule has 0 saturated carbocycles. The van der Waals surface area contributed by atoms with Gasteiger partial charge in [-0.3, -0.25) is 4.79 Å². The quantitative estimate of drug-likeness (QED) is 0.786. The second kappa shape index (κ2) is 6.58. The van der Waals surface area contributed by atoms with Crippen LogP contribution < -0.4 is 15.4 Å². The van der Waals surface area contributed by atoms with Crippen LogP contribution in [0.3, 0.4) is 0 Å². The van der Waals surface area contributed by atoms with E-state index >= 15 is 0 Å². The first kappa shape index (κ1) is 15.3. The first-order valence-corrected chi connectivity index (χ1v) is 6.98. The fourth-order valence-corrected chi connectivity index (χ4v) is 2.55. The van der Waals surface area contributed by atoms with E-state index in [1.54, 1.807) is 6.07 Å². The molecule has 1 aromatic rings. The number of carbonyl (C=O) groups excluding carboxylic acids is 1. The fraction of sp³-hybridized carbons (Fsp3) is 0.467. The third-order valence-corrected chi connectivity index (χ3v) is 3.77. The van der Waals surface area contributed by atoms with Gasteiger partial charge in [0, 0.05) is 6.07 Å². The minimum atomic E-state index is -1.09. The zero-order valence-corrected chi connectivity index (χ0v) is 12.2. The SMILES string of the molecule is COc1ccc(C(=O)O)c(NC(=O)C2NCCCC2C)c1. The highest BCUT2D eigenvalue weighted by Crippen LogP contribution is 2.24. The van der Waals surface area contributed by atoms with Gasteiger partial charge >= 0.3 is 5.97 Å². The van der Waals surface area contributed by atoms with Crippen molar-refractivity contribution in [3.63, 3.8) is 0 Å². The average molecular weight is 292 g/mol. The van der Waals surface area contributed by atoms with Crippen LogP contribution in [-0.4, -0.2) is 36.7 Å². The number of rotatable bonds is 4. The molecular weight excluding hydrogens is 272 g/mol. The summed E-state index contributed by atoms with van der Waals surface area (Å²) >= 11 is 0. The first-order valence-electron chi connectivity index (χ1n) is 6.98. The largest absolute Gasteiger partial charge is 0.497 e. The second-order valence-electron chi connectivity index (χ2n) is 5.26. The van der Waals surface area contributed by atoms with Crippen LogP contribution in [0.4, 0.5) is 5.69 Å². The molecule has 0 bridgehead atoms. The Balaban J connectivity index is 2.20. The van der Waals surface area contributed by atoms with Gasteiger partial charge in [-0.25, -0.2) is 4.79 Å². The number of carboxylic acids is 1. The van der Waals surface area contributed by atoms with Gasteiger partial charge in [0.25, 0.3) is 0 Å². The summed E-state index contributed by atoms with van der Waals surface area (Å²) in [5.41, 5.74) is 0.305. The highest BCUT2D eigenvalue weighted by molar-refractivity contribution is 6.02. The molecule has 114 valence electrons. The Hall–Kier alpha value is -2.08. The molecule has 6 nitrogen and oxygen atoms in total. The molecule has 1 aromatic carbocycles. The summed E-state index contributed by atoms with van der Waals surface area (Å²) in [5.74, 6) is -0.576. The van der Waals surface area contributed by atoms with Crippen molar-refractivity contribution in [3.8, 4) is 5.75 Å². The highest BCUT2D eigenvalue weighted by atomic mass is 16.5. The molecule has 6 heteroatoms.